The van der Waals surface area contributed by atoms with Crippen LogP contribution in [0.3, 0.4) is 0 Å². The van der Waals surface area contributed by atoms with Gasteiger partial charge in [-0.25, -0.2) is 0 Å². The Hall–Kier alpha value is -2.12. The van der Waals surface area contributed by atoms with Crippen LogP contribution in [0, 0.1) is 0 Å². The highest BCUT2D eigenvalue weighted by atomic mass is 35.5. The number of rotatable bonds is 3. The summed E-state index contributed by atoms with van der Waals surface area (Å²) in [5.74, 6) is -0.782. The van der Waals surface area contributed by atoms with Gasteiger partial charge in [-0.05, 0) is 24.3 Å². The predicted octanol–water partition coefficient (Wildman–Crippen LogP) is 3.50. The van der Waals surface area contributed by atoms with Crippen molar-refractivity contribution < 1.29 is 23.1 Å². The Bertz CT molecular complexity index is 705. The van der Waals surface area contributed by atoms with E-state index in [1.807, 2.05) is 0 Å². The van der Waals surface area contributed by atoms with E-state index in [1.165, 1.54) is 18.5 Å². The number of alkyl halides is 3. The van der Waals surface area contributed by atoms with Crippen LogP contribution in [0.5, 0.6) is 0 Å². The number of nitrogens with one attached hydrogen (secondary N) is 1. The lowest BCUT2D eigenvalue weighted by Crippen LogP contribution is -2.15. The number of aliphatic hydroxyl groups excluding tert-OH is 1. The van der Waals surface area contributed by atoms with Crippen LogP contribution < -0.4 is 5.32 Å². The van der Waals surface area contributed by atoms with E-state index >= 15 is 0 Å². The lowest BCUT2D eigenvalue weighted by Gasteiger charge is -2.11. The number of aliphatic hydroxyl groups is 1. The smallest absolute Gasteiger partial charge is 0.392 e. The highest BCUT2D eigenvalue weighted by molar-refractivity contribution is 6.31. The second-order valence-electron chi connectivity index (χ2n) is 4.37. The minimum absolute atomic E-state index is 0.200. The number of anilines is 1. The first kappa shape index (κ1) is 16.3. The Balaban J connectivity index is 2.32. The van der Waals surface area contributed by atoms with E-state index < -0.39 is 17.6 Å². The van der Waals surface area contributed by atoms with Crippen molar-refractivity contribution in [2.75, 3.05) is 5.32 Å². The zero-order chi connectivity index (χ0) is 16.3. The molecule has 2 rings (SSSR count). The number of benzene rings is 1. The zero-order valence-corrected chi connectivity index (χ0v) is 11.7. The lowest BCUT2D eigenvalue weighted by atomic mass is 10.1. The fraction of sp³-hybridized carbons (Fsp3) is 0.143. The maximum absolute atomic E-state index is 12.7. The van der Waals surface area contributed by atoms with Crippen LogP contribution in [0.4, 0.5) is 18.9 Å². The Morgan fingerprint density at radius 3 is 2.68 bits per heavy atom. The summed E-state index contributed by atoms with van der Waals surface area (Å²) >= 11 is 5.63. The standard InChI is InChI=1S/C14H10ClF3N2O2/c15-11-4-9(3-10(5-11)14(16,17)18)13(22)20-12-6-19-2-1-8(12)7-21/h1-6,21H,7H2,(H,20,22). The number of halogens is 4. The van der Waals surface area contributed by atoms with Crippen molar-refractivity contribution in [1.29, 1.82) is 0 Å². The average molecular weight is 331 g/mol. The molecule has 22 heavy (non-hydrogen) atoms. The van der Waals surface area contributed by atoms with Crippen molar-refractivity contribution in [3.8, 4) is 0 Å². The number of carbonyl (C=O) groups excluding carboxylic acids is 1. The van der Waals surface area contributed by atoms with Crippen LogP contribution in [0.15, 0.2) is 36.7 Å². The predicted molar refractivity (Wildman–Crippen MR) is 74.6 cm³/mol. The second kappa shape index (κ2) is 6.33. The van der Waals surface area contributed by atoms with Crippen molar-refractivity contribution >= 4 is 23.2 Å². The van der Waals surface area contributed by atoms with Gasteiger partial charge in [0.25, 0.3) is 5.91 Å². The maximum atomic E-state index is 12.7. The van der Waals surface area contributed by atoms with Gasteiger partial charge in [-0.2, -0.15) is 13.2 Å². The molecule has 116 valence electrons. The summed E-state index contributed by atoms with van der Waals surface area (Å²) in [6, 6.07) is 4.05. The summed E-state index contributed by atoms with van der Waals surface area (Å²) in [4.78, 5) is 15.8. The molecule has 2 aromatic rings. The van der Waals surface area contributed by atoms with Gasteiger partial charge in [-0.3, -0.25) is 9.78 Å². The van der Waals surface area contributed by atoms with E-state index in [0.29, 0.717) is 11.6 Å². The SMILES string of the molecule is O=C(Nc1cnccc1CO)c1cc(Cl)cc(C(F)(F)F)c1. The highest BCUT2D eigenvalue weighted by Crippen LogP contribution is 2.32. The van der Waals surface area contributed by atoms with Crippen LogP contribution in [0.25, 0.3) is 0 Å². The largest absolute Gasteiger partial charge is 0.416 e. The molecule has 1 aromatic heterocycles. The van der Waals surface area contributed by atoms with Crippen molar-refractivity contribution in [3.05, 3.63) is 58.4 Å². The van der Waals surface area contributed by atoms with E-state index in [0.717, 1.165) is 12.1 Å². The molecule has 0 fully saturated rings. The first-order valence-electron chi connectivity index (χ1n) is 6.04. The molecule has 0 bridgehead atoms. The zero-order valence-electron chi connectivity index (χ0n) is 11.0. The Morgan fingerprint density at radius 2 is 2.05 bits per heavy atom. The third kappa shape index (κ3) is 3.75. The van der Waals surface area contributed by atoms with Crippen LogP contribution in [0.1, 0.15) is 21.5 Å². The molecule has 2 N–H and O–H groups in total. The molecule has 0 aliphatic rings. The molecule has 0 spiro atoms. The summed E-state index contributed by atoms with van der Waals surface area (Å²) in [6.45, 7) is -0.346. The topological polar surface area (TPSA) is 62.2 Å². The minimum Gasteiger partial charge on any atom is -0.392 e. The van der Waals surface area contributed by atoms with Gasteiger partial charge in [0.1, 0.15) is 0 Å². The van der Waals surface area contributed by atoms with Crippen molar-refractivity contribution in [2.24, 2.45) is 0 Å². The third-order valence-electron chi connectivity index (χ3n) is 2.82. The van der Waals surface area contributed by atoms with E-state index in [9.17, 15) is 18.0 Å². The van der Waals surface area contributed by atoms with Gasteiger partial charge in [-0.1, -0.05) is 11.6 Å². The summed E-state index contributed by atoms with van der Waals surface area (Å²) in [5.41, 5.74) is -0.656. The Kier molecular flexibility index (Phi) is 4.68. The molecule has 0 aliphatic heterocycles. The number of carbonyl (C=O) groups is 1. The van der Waals surface area contributed by atoms with Gasteiger partial charge in [-0.15, -0.1) is 0 Å². The van der Waals surface area contributed by atoms with Crippen LogP contribution in [0.2, 0.25) is 5.02 Å². The minimum atomic E-state index is -4.61. The molecule has 0 saturated heterocycles. The average Bonchev–Trinajstić information content (AvgIpc) is 2.46. The van der Waals surface area contributed by atoms with E-state index in [2.05, 4.69) is 10.3 Å². The van der Waals surface area contributed by atoms with E-state index in [4.69, 9.17) is 16.7 Å². The molecule has 1 aromatic carbocycles. The van der Waals surface area contributed by atoms with Crippen molar-refractivity contribution in [2.45, 2.75) is 12.8 Å². The monoisotopic (exact) mass is 330 g/mol. The fourth-order valence-corrected chi connectivity index (χ4v) is 1.99. The molecule has 1 heterocycles. The molecular weight excluding hydrogens is 321 g/mol. The first-order chi connectivity index (χ1) is 10.3. The molecule has 0 unspecified atom stereocenters. The lowest BCUT2D eigenvalue weighted by molar-refractivity contribution is -0.137. The van der Waals surface area contributed by atoms with Crippen LogP contribution in [-0.2, 0) is 12.8 Å². The van der Waals surface area contributed by atoms with Crippen LogP contribution >= 0.6 is 11.6 Å². The molecule has 4 nitrogen and oxygen atoms in total. The summed E-state index contributed by atoms with van der Waals surface area (Å²) in [6.07, 6.45) is -1.90. The molecule has 1 amide bonds. The number of pyridine rings is 1. The molecule has 0 radical (unpaired) electrons. The molecule has 0 aliphatic carbocycles. The first-order valence-corrected chi connectivity index (χ1v) is 6.42. The second-order valence-corrected chi connectivity index (χ2v) is 4.81. The van der Waals surface area contributed by atoms with Crippen LogP contribution in [-0.4, -0.2) is 16.0 Å². The summed E-state index contributed by atoms with van der Waals surface area (Å²) < 4.78 is 38.2. The van der Waals surface area contributed by atoms with Gasteiger partial charge < -0.3 is 10.4 Å². The molecule has 0 atom stereocenters. The van der Waals surface area contributed by atoms with Gasteiger partial charge in [0.2, 0.25) is 0 Å². The van der Waals surface area contributed by atoms with E-state index in [1.54, 1.807) is 0 Å². The molecule has 8 heteroatoms. The highest BCUT2D eigenvalue weighted by Gasteiger charge is 2.31. The summed E-state index contributed by atoms with van der Waals surface area (Å²) in [7, 11) is 0. The van der Waals surface area contributed by atoms with Gasteiger partial charge in [0.15, 0.2) is 0 Å². The molecular formula is C14H10ClF3N2O2. The van der Waals surface area contributed by atoms with Gasteiger partial charge in [0.05, 0.1) is 24.1 Å². The number of amides is 1. The number of nitrogens with zero attached hydrogens (tertiary/aromatic N) is 1. The normalized spacial score (nSPS) is 11.3. The molecule has 0 saturated carbocycles. The number of hydrogen-bond acceptors (Lipinski definition) is 3. The van der Waals surface area contributed by atoms with Crippen molar-refractivity contribution in [1.82, 2.24) is 4.98 Å². The summed E-state index contributed by atoms with van der Waals surface area (Å²) in [5, 5.41) is 11.3. The third-order valence-corrected chi connectivity index (χ3v) is 3.04. The maximum Gasteiger partial charge on any atom is 0.416 e. The van der Waals surface area contributed by atoms with E-state index in [-0.39, 0.29) is 22.9 Å². The number of hydrogen-bond donors (Lipinski definition) is 2. The van der Waals surface area contributed by atoms with Gasteiger partial charge in [0, 0.05) is 22.3 Å². The van der Waals surface area contributed by atoms with Gasteiger partial charge >= 0.3 is 6.18 Å². The fourth-order valence-electron chi connectivity index (χ4n) is 1.75. The Labute approximate surface area is 128 Å². The van der Waals surface area contributed by atoms with Crippen molar-refractivity contribution in [3.63, 3.8) is 0 Å². The number of aromatic nitrogens is 1. The Morgan fingerprint density at radius 1 is 1.32 bits per heavy atom. The quantitative estimate of drug-likeness (QED) is 0.905.